The number of carbonyl (C=O) groups excluding carboxylic acids is 1. The Labute approximate surface area is 225 Å². The highest BCUT2D eigenvalue weighted by Crippen LogP contribution is 2.37. The Morgan fingerprint density at radius 1 is 1.26 bits per heavy atom. The van der Waals surface area contributed by atoms with Gasteiger partial charge in [0.1, 0.15) is 11.4 Å². The Morgan fingerprint density at radius 3 is 2.74 bits per heavy atom. The molecule has 39 heavy (non-hydrogen) atoms. The number of halogens is 3. The standard InChI is InChI=1S/C29H33F3N6O/c1-16(2)35-14-23(26(33)29(30,31)32)28(39)38-8-6-18-9-19(10-22(24(18)15-38)25-5-4-7-34-25)20-11-21-17(3)12-36-27(21)37-13-20/h9-14,16,25,33-35H,4-8,15H2,1-3H3,(H,36,37)/b23-14+,33-26?. The van der Waals surface area contributed by atoms with Gasteiger partial charge in [-0.25, -0.2) is 4.98 Å². The number of carbonyl (C=O) groups is 1. The maximum Gasteiger partial charge on any atom is 0.433 e. The molecular formula is C29H33F3N6O. The van der Waals surface area contributed by atoms with Crippen LogP contribution >= 0.6 is 0 Å². The fourth-order valence-corrected chi connectivity index (χ4v) is 5.41. The molecule has 7 nitrogen and oxygen atoms in total. The van der Waals surface area contributed by atoms with Crippen LogP contribution in [0.2, 0.25) is 0 Å². The lowest BCUT2D eigenvalue weighted by molar-refractivity contribution is -0.128. The van der Waals surface area contributed by atoms with Crippen molar-refractivity contribution in [1.82, 2.24) is 25.5 Å². The molecule has 1 fully saturated rings. The summed E-state index contributed by atoms with van der Waals surface area (Å²) < 4.78 is 40.5. The van der Waals surface area contributed by atoms with E-state index in [1.54, 1.807) is 13.8 Å². The second-order valence-corrected chi connectivity index (χ2v) is 10.7. The van der Waals surface area contributed by atoms with Crippen molar-refractivity contribution in [1.29, 1.82) is 5.41 Å². The van der Waals surface area contributed by atoms with E-state index in [1.165, 1.54) is 4.90 Å². The van der Waals surface area contributed by atoms with Crippen molar-refractivity contribution in [3.05, 3.63) is 64.6 Å². The van der Waals surface area contributed by atoms with Crippen LogP contribution in [0.1, 0.15) is 55.0 Å². The number of aromatic nitrogens is 2. The van der Waals surface area contributed by atoms with Gasteiger partial charge in [-0.05, 0) is 86.5 Å². The fraction of sp³-hybridized carbons (Fsp3) is 0.414. The zero-order chi connectivity index (χ0) is 27.9. The summed E-state index contributed by atoms with van der Waals surface area (Å²) in [5, 5.41) is 15.1. The van der Waals surface area contributed by atoms with Gasteiger partial charge in [0, 0.05) is 54.7 Å². The highest BCUT2D eigenvalue weighted by Gasteiger charge is 2.41. The van der Waals surface area contributed by atoms with Crippen molar-refractivity contribution in [3.8, 4) is 11.1 Å². The van der Waals surface area contributed by atoms with Crippen LogP contribution in [0.25, 0.3) is 22.2 Å². The van der Waals surface area contributed by atoms with Crippen LogP contribution in [-0.4, -0.2) is 51.8 Å². The minimum Gasteiger partial charge on any atom is -0.388 e. The average Bonchev–Trinajstić information content (AvgIpc) is 3.57. The van der Waals surface area contributed by atoms with Gasteiger partial charge in [0.15, 0.2) is 0 Å². The minimum absolute atomic E-state index is 0.102. The molecule has 2 aliphatic heterocycles. The molecule has 0 radical (unpaired) electrons. The van der Waals surface area contributed by atoms with Crippen LogP contribution in [0, 0.1) is 12.3 Å². The maximum atomic E-state index is 13.5. The van der Waals surface area contributed by atoms with Crippen LogP contribution in [0.4, 0.5) is 13.2 Å². The van der Waals surface area contributed by atoms with Crippen molar-refractivity contribution in [2.75, 3.05) is 13.1 Å². The van der Waals surface area contributed by atoms with Crippen LogP contribution in [0.15, 0.2) is 42.4 Å². The van der Waals surface area contributed by atoms with E-state index in [0.29, 0.717) is 6.42 Å². The molecule has 206 valence electrons. The SMILES string of the molecule is Cc1c[nH]c2ncc(-c3cc4c(c(C5CCCN5)c3)CN(C(=O)/C(=C/NC(C)C)C(=N)C(F)(F)F)CC4)cc12. The molecule has 1 amide bonds. The number of rotatable bonds is 6. The molecule has 0 saturated carbocycles. The number of alkyl halides is 3. The first-order valence-electron chi connectivity index (χ1n) is 13.3. The third kappa shape index (κ3) is 5.43. The lowest BCUT2D eigenvalue weighted by Crippen LogP contribution is -2.42. The molecular weight excluding hydrogens is 505 g/mol. The number of pyridine rings is 1. The third-order valence-corrected chi connectivity index (χ3v) is 7.52. The van der Waals surface area contributed by atoms with E-state index in [0.717, 1.165) is 70.0 Å². The first kappa shape index (κ1) is 26.9. The largest absolute Gasteiger partial charge is 0.433 e. The topological polar surface area (TPSA) is 96.9 Å². The van der Waals surface area contributed by atoms with Gasteiger partial charge in [0.2, 0.25) is 0 Å². The summed E-state index contributed by atoms with van der Waals surface area (Å²) in [7, 11) is 0. The Balaban J connectivity index is 1.52. The smallest absolute Gasteiger partial charge is 0.388 e. The Morgan fingerprint density at radius 2 is 2.05 bits per heavy atom. The molecule has 3 aromatic rings. The van der Waals surface area contributed by atoms with E-state index in [9.17, 15) is 18.0 Å². The summed E-state index contributed by atoms with van der Waals surface area (Å²) >= 11 is 0. The molecule has 0 aliphatic carbocycles. The quantitative estimate of drug-likeness (QED) is 0.253. The lowest BCUT2D eigenvalue weighted by atomic mass is 9.87. The second kappa shape index (κ2) is 10.5. The zero-order valence-electron chi connectivity index (χ0n) is 22.3. The van der Waals surface area contributed by atoms with Crippen LogP contribution in [-0.2, 0) is 17.8 Å². The summed E-state index contributed by atoms with van der Waals surface area (Å²) in [6.07, 6.45) is 2.39. The highest BCUT2D eigenvalue weighted by atomic mass is 19.4. The number of hydrogen-bond acceptors (Lipinski definition) is 5. The number of benzene rings is 1. The van der Waals surface area contributed by atoms with Crippen LogP contribution in [0.3, 0.4) is 0 Å². The summed E-state index contributed by atoms with van der Waals surface area (Å²) in [5.41, 5.74) is 4.80. The van der Waals surface area contributed by atoms with Gasteiger partial charge in [-0.15, -0.1) is 0 Å². The summed E-state index contributed by atoms with van der Waals surface area (Å²) in [5.74, 6) is -0.789. The minimum atomic E-state index is -4.92. The molecule has 0 spiro atoms. The monoisotopic (exact) mass is 538 g/mol. The molecule has 1 aromatic carbocycles. The summed E-state index contributed by atoms with van der Waals surface area (Å²) in [4.78, 5) is 22.6. The van der Waals surface area contributed by atoms with Crippen molar-refractivity contribution >= 4 is 22.7 Å². The van der Waals surface area contributed by atoms with Gasteiger partial charge in [-0.2, -0.15) is 13.2 Å². The molecule has 2 aromatic heterocycles. The molecule has 1 atom stereocenters. The van der Waals surface area contributed by atoms with Gasteiger partial charge in [0.05, 0.1) is 5.57 Å². The zero-order valence-corrected chi connectivity index (χ0v) is 22.3. The first-order chi connectivity index (χ1) is 18.5. The number of aryl methyl sites for hydroxylation is 1. The van der Waals surface area contributed by atoms with Crippen LogP contribution in [0.5, 0.6) is 0 Å². The number of hydrogen-bond donors (Lipinski definition) is 4. The van der Waals surface area contributed by atoms with Gasteiger partial charge < -0.3 is 20.5 Å². The van der Waals surface area contributed by atoms with Crippen molar-refractivity contribution in [3.63, 3.8) is 0 Å². The number of amides is 1. The van der Waals surface area contributed by atoms with E-state index < -0.39 is 23.4 Å². The Bertz CT molecular complexity index is 1450. The second-order valence-electron chi connectivity index (χ2n) is 10.7. The third-order valence-electron chi connectivity index (χ3n) is 7.52. The number of nitrogens with one attached hydrogen (secondary N) is 4. The molecule has 1 unspecified atom stereocenters. The maximum absolute atomic E-state index is 13.5. The number of fused-ring (bicyclic) bond motifs is 2. The van der Waals surface area contributed by atoms with Gasteiger partial charge in [0.25, 0.3) is 5.91 Å². The van der Waals surface area contributed by atoms with E-state index >= 15 is 0 Å². The highest BCUT2D eigenvalue weighted by molar-refractivity contribution is 6.22. The number of H-pyrrole nitrogens is 1. The van der Waals surface area contributed by atoms with E-state index in [2.05, 4.69) is 38.8 Å². The molecule has 1 saturated heterocycles. The molecule has 5 rings (SSSR count). The van der Waals surface area contributed by atoms with E-state index in [4.69, 9.17) is 5.41 Å². The van der Waals surface area contributed by atoms with Crippen molar-refractivity contribution in [2.45, 2.75) is 64.8 Å². The normalized spacial score (nSPS) is 18.1. The molecule has 2 aliphatic rings. The van der Waals surface area contributed by atoms with E-state index in [1.807, 2.05) is 19.3 Å². The molecule has 4 N–H and O–H groups in total. The molecule has 4 heterocycles. The lowest BCUT2D eigenvalue weighted by Gasteiger charge is -2.33. The number of nitrogens with zero attached hydrogens (tertiary/aromatic N) is 2. The summed E-state index contributed by atoms with van der Waals surface area (Å²) in [6.45, 7) is 6.91. The Kier molecular flexibility index (Phi) is 7.24. The molecule has 10 heteroatoms. The first-order valence-corrected chi connectivity index (χ1v) is 13.3. The van der Waals surface area contributed by atoms with E-state index in [-0.39, 0.29) is 25.2 Å². The summed E-state index contributed by atoms with van der Waals surface area (Å²) in [6, 6.07) is 6.30. The Hall–Kier alpha value is -3.66. The predicted molar refractivity (Wildman–Crippen MR) is 146 cm³/mol. The molecule has 0 bridgehead atoms. The average molecular weight is 539 g/mol. The van der Waals surface area contributed by atoms with Gasteiger partial charge in [-0.3, -0.25) is 10.2 Å². The fourth-order valence-electron chi connectivity index (χ4n) is 5.41. The van der Waals surface area contributed by atoms with Crippen LogP contribution < -0.4 is 10.6 Å². The predicted octanol–water partition coefficient (Wildman–Crippen LogP) is 5.31. The van der Waals surface area contributed by atoms with Gasteiger partial charge >= 0.3 is 6.18 Å². The van der Waals surface area contributed by atoms with Crippen molar-refractivity contribution < 1.29 is 18.0 Å². The van der Waals surface area contributed by atoms with Gasteiger partial charge in [-0.1, -0.05) is 6.07 Å². The number of aromatic amines is 1. The van der Waals surface area contributed by atoms with Crippen molar-refractivity contribution in [2.24, 2.45) is 0 Å².